The summed E-state index contributed by atoms with van der Waals surface area (Å²) < 4.78 is 0. The molecule has 6 nitrogen and oxygen atoms in total. The van der Waals surface area contributed by atoms with Crippen molar-refractivity contribution in [3.05, 3.63) is 23.8 Å². The molecule has 0 radical (unpaired) electrons. The Balaban J connectivity index is 1.70. The van der Waals surface area contributed by atoms with E-state index in [0.717, 1.165) is 11.3 Å². The molecule has 3 rings (SSSR count). The third-order valence-corrected chi connectivity index (χ3v) is 3.58. The van der Waals surface area contributed by atoms with Gasteiger partial charge in [0.05, 0.1) is 0 Å². The van der Waals surface area contributed by atoms with E-state index in [4.69, 9.17) is 0 Å². The maximum Gasteiger partial charge on any atom is 0.246 e. The Morgan fingerprint density at radius 2 is 2.00 bits per heavy atom. The van der Waals surface area contributed by atoms with Gasteiger partial charge in [-0.25, -0.2) is 0 Å². The molecule has 3 N–H and O–H groups in total. The van der Waals surface area contributed by atoms with Crippen molar-refractivity contribution >= 4 is 29.1 Å². The lowest BCUT2D eigenvalue weighted by atomic mass is 10.0. The SMILES string of the molecule is O=C1CCc2cc(NC(=O)C3CCC(=O)N3)ccc2N1. The van der Waals surface area contributed by atoms with Gasteiger partial charge in [-0.05, 0) is 36.6 Å². The Morgan fingerprint density at radius 1 is 1.15 bits per heavy atom. The van der Waals surface area contributed by atoms with E-state index in [1.165, 1.54) is 0 Å². The molecule has 0 aromatic heterocycles. The lowest BCUT2D eigenvalue weighted by Gasteiger charge is -2.18. The van der Waals surface area contributed by atoms with Crippen molar-refractivity contribution in [2.24, 2.45) is 0 Å². The summed E-state index contributed by atoms with van der Waals surface area (Å²) in [7, 11) is 0. The lowest BCUT2D eigenvalue weighted by Crippen LogP contribution is -2.37. The molecule has 1 unspecified atom stereocenters. The van der Waals surface area contributed by atoms with Crippen LogP contribution in [-0.2, 0) is 20.8 Å². The van der Waals surface area contributed by atoms with Crippen molar-refractivity contribution in [3.63, 3.8) is 0 Å². The van der Waals surface area contributed by atoms with Crippen molar-refractivity contribution in [2.45, 2.75) is 31.7 Å². The number of aryl methyl sites for hydroxylation is 1. The molecule has 1 saturated heterocycles. The number of fused-ring (bicyclic) bond motifs is 1. The number of anilines is 2. The van der Waals surface area contributed by atoms with Gasteiger partial charge in [0.2, 0.25) is 17.7 Å². The molecule has 1 fully saturated rings. The molecule has 0 aliphatic carbocycles. The van der Waals surface area contributed by atoms with Gasteiger partial charge in [0.25, 0.3) is 0 Å². The molecule has 0 saturated carbocycles. The van der Waals surface area contributed by atoms with E-state index in [2.05, 4.69) is 16.0 Å². The van der Waals surface area contributed by atoms with Crippen molar-refractivity contribution in [1.82, 2.24) is 5.32 Å². The zero-order valence-corrected chi connectivity index (χ0v) is 10.9. The van der Waals surface area contributed by atoms with Gasteiger partial charge in [-0.1, -0.05) is 0 Å². The smallest absolute Gasteiger partial charge is 0.246 e. The quantitative estimate of drug-likeness (QED) is 0.744. The Labute approximate surface area is 115 Å². The second kappa shape index (κ2) is 4.96. The molecule has 0 bridgehead atoms. The Bertz CT molecular complexity index is 597. The monoisotopic (exact) mass is 273 g/mol. The minimum atomic E-state index is -0.446. The maximum absolute atomic E-state index is 12.0. The van der Waals surface area contributed by atoms with Crippen LogP contribution in [0.25, 0.3) is 0 Å². The first-order valence-electron chi connectivity index (χ1n) is 6.65. The summed E-state index contributed by atoms with van der Waals surface area (Å²) in [5.41, 5.74) is 2.50. The first kappa shape index (κ1) is 12.7. The summed E-state index contributed by atoms with van der Waals surface area (Å²) in [5, 5.41) is 8.23. The number of carbonyl (C=O) groups is 3. The van der Waals surface area contributed by atoms with Gasteiger partial charge in [-0.15, -0.1) is 0 Å². The Kier molecular flexibility index (Phi) is 3.14. The highest BCUT2D eigenvalue weighted by molar-refractivity contribution is 6.00. The van der Waals surface area contributed by atoms with Crippen LogP contribution in [-0.4, -0.2) is 23.8 Å². The average molecular weight is 273 g/mol. The zero-order valence-electron chi connectivity index (χ0n) is 10.9. The van der Waals surface area contributed by atoms with Gasteiger partial charge in [0.1, 0.15) is 6.04 Å². The second-order valence-corrected chi connectivity index (χ2v) is 5.07. The fourth-order valence-electron chi connectivity index (χ4n) is 2.50. The highest BCUT2D eigenvalue weighted by Crippen LogP contribution is 2.25. The van der Waals surface area contributed by atoms with Crippen LogP contribution in [0, 0.1) is 0 Å². The first-order chi connectivity index (χ1) is 9.61. The van der Waals surface area contributed by atoms with Crippen LogP contribution in [0.1, 0.15) is 24.8 Å². The topological polar surface area (TPSA) is 87.3 Å². The van der Waals surface area contributed by atoms with Crippen LogP contribution in [0.3, 0.4) is 0 Å². The number of nitrogens with one attached hydrogen (secondary N) is 3. The molecule has 6 heteroatoms. The van der Waals surface area contributed by atoms with E-state index >= 15 is 0 Å². The molecular weight excluding hydrogens is 258 g/mol. The van der Waals surface area contributed by atoms with Gasteiger partial charge in [-0.2, -0.15) is 0 Å². The minimum Gasteiger partial charge on any atom is -0.344 e. The molecule has 2 aliphatic rings. The standard InChI is InChI=1S/C14H15N3O3/c18-12-5-1-8-7-9(2-3-10(8)16-12)15-14(20)11-4-6-13(19)17-11/h2-3,7,11H,1,4-6H2,(H,15,20)(H,16,18)(H,17,19). The molecule has 2 heterocycles. The number of benzene rings is 1. The van der Waals surface area contributed by atoms with E-state index in [-0.39, 0.29) is 17.7 Å². The van der Waals surface area contributed by atoms with Crippen molar-refractivity contribution in [2.75, 3.05) is 10.6 Å². The van der Waals surface area contributed by atoms with E-state index < -0.39 is 6.04 Å². The van der Waals surface area contributed by atoms with Crippen LogP contribution >= 0.6 is 0 Å². The molecule has 1 aromatic carbocycles. The van der Waals surface area contributed by atoms with Crippen LogP contribution in [0.2, 0.25) is 0 Å². The van der Waals surface area contributed by atoms with Gasteiger partial charge in [0, 0.05) is 24.2 Å². The molecule has 3 amide bonds. The van der Waals surface area contributed by atoms with Gasteiger partial charge in [-0.3, -0.25) is 14.4 Å². The molecule has 1 aromatic rings. The molecule has 20 heavy (non-hydrogen) atoms. The van der Waals surface area contributed by atoms with E-state index in [9.17, 15) is 14.4 Å². The van der Waals surface area contributed by atoms with Crippen LogP contribution in [0.4, 0.5) is 11.4 Å². The lowest BCUT2D eigenvalue weighted by molar-refractivity contribution is -0.122. The summed E-state index contributed by atoms with van der Waals surface area (Å²) in [6.07, 6.45) is 2.06. The van der Waals surface area contributed by atoms with Crippen LogP contribution in [0.5, 0.6) is 0 Å². The van der Waals surface area contributed by atoms with Crippen LogP contribution in [0.15, 0.2) is 18.2 Å². The summed E-state index contributed by atoms with van der Waals surface area (Å²) in [6.45, 7) is 0. The summed E-state index contributed by atoms with van der Waals surface area (Å²) in [5.74, 6) is -0.267. The van der Waals surface area contributed by atoms with Gasteiger partial charge < -0.3 is 16.0 Å². The normalized spacial score (nSPS) is 20.9. The minimum absolute atomic E-state index is 0.0166. The molecule has 1 atom stereocenters. The molecule has 0 spiro atoms. The fourth-order valence-corrected chi connectivity index (χ4v) is 2.50. The van der Waals surface area contributed by atoms with E-state index in [0.29, 0.717) is 31.4 Å². The maximum atomic E-state index is 12.0. The van der Waals surface area contributed by atoms with Crippen LogP contribution < -0.4 is 16.0 Å². The van der Waals surface area contributed by atoms with E-state index in [1.54, 1.807) is 12.1 Å². The number of rotatable bonds is 2. The summed E-state index contributed by atoms with van der Waals surface area (Å²) in [6, 6.07) is 4.95. The predicted molar refractivity (Wildman–Crippen MR) is 73.2 cm³/mol. The van der Waals surface area contributed by atoms with Gasteiger partial charge in [0.15, 0.2) is 0 Å². The average Bonchev–Trinajstić information content (AvgIpc) is 2.86. The first-order valence-corrected chi connectivity index (χ1v) is 6.65. The van der Waals surface area contributed by atoms with Crippen molar-refractivity contribution < 1.29 is 14.4 Å². The largest absolute Gasteiger partial charge is 0.344 e. The number of hydrogen-bond acceptors (Lipinski definition) is 3. The van der Waals surface area contributed by atoms with Crippen molar-refractivity contribution in [1.29, 1.82) is 0 Å². The predicted octanol–water partition coefficient (Wildman–Crippen LogP) is 0.788. The second-order valence-electron chi connectivity index (χ2n) is 5.07. The number of amides is 3. The summed E-state index contributed by atoms with van der Waals surface area (Å²) >= 11 is 0. The van der Waals surface area contributed by atoms with Gasteiger partial charge >= 0.3 is 0 Å². The summed E-state index contributed by atoms with van der Waals surface area (Å²) in [4.78, 5) is 34.4. The number of hydrogen-bond donors (Lipinski definition) is 3. The third kappa shape index (κ3) is 2.49. The molecular formula is C14H15N3O3. The molecule has 104 valence electrons. The highest BCUT2D eigenvalue weighted by Gasteiger charge is 2.27. The number of carbonyl (C=O) groups excluding carboxylic acids is 3. The Hall–Kier alpha value is -2.37. The van der Waals surface area contributed by atoms with Crippen molar-refractivity contribution in [3.8, 4) is 0 Å². The fraction of sp³-hybridized carbons (Fsp3) is 0.357. The third-order valence-electron chi connectivity index (χ3n) is 3.58. The highest BCUT2D eigenvalue weighted by atomic mass is 16.2. The zero-order chi connectivity index (χ0) is 14.1. The Morgan fingerprint density at radius 3 is 2.75 bits per heavy atom. The molecule has 2 aliphatic heterocycles. The van der Waals surface area contributed by atoms with E-state index in [1.807, 2.05) is 6.07 Å².